The van der Waals surface area contributed by atoms with Crippen LogP contribution in [0.2, 0.25) is 0 Å². The summed E-state index contributed by atoms with van der Waals surface area (Å²) in [6.07, 6.45) is 2.71. The van der Waals surface area contributed by atoms with Crippen molar-refractivity contribution in [1.82, 2.24) is 19.6 Å². The number of hydrogen-bond donors (Lipinski definition) is 2. The predicted octanol–water partition coefficient (Wildman–Crippen LogP) is 1.07. The third-order valence-corrected chi connectivity index (χ3v) is 4.32. The highest BCUT2D eigenvalue weighted by Crippen LogP contribution is 2.22. The first kappa shape index (κ1) is 16.0. The van der Waals surface area contributed by atoms with Gasteiger partial charge in [-0.3, -0.25) is 9.69 Å². The van der Waals surface area contributed by atoms with Gasteiger partial charge in [-0.25, -0.2) is 4.98 Å². The Morgan fingerprint density at radius 2 is 2.26 bits per heavy atom. The highest BCUT2D eigenvalue weighted by Gasteiger charge is 2.35. The molecule has 1 fully saturated rings. The molecule has 2 aromatic rings. The van der Waals surface area contributed by atoms with Gasteiger partial charge in [0.2, 0.25) is 5.91 Å². The smallest absolute Gasteiger partial charge is 0.237 e. The van der Waals surface area contributed by atoms with Crippen molar-refractivity contribution in [1.29, 1.82) is 0 Å². The number of amides is 1. The minimum absolute atomic E-state index is 0.0351. The summed E-state index contributed by atoms with van der Waals surface area (Å²) in [5.41, 5.74) is 8.20. The van der Waals surface area contributed by atoms with Crippen LogP contribution < -0.4 is 11.1 Å². The largest absolute Gasteiger partial charge is 0.353 e. The van der Waals surface area contributed by atoms with Gasteiger partial charge in [0.25, 0.3) is 0 Å². The van der Waals surface area contributed by atoms with E-state index in [1.165, 1.54) is 0 Å². The molecule has 1 aliphatic rings. The molecule has 0 aliphatic carbocycles. The minimum atomic E-state index is -0.173. The van der Waals surface area contributed by atoms with E-state index in [-0.39, 0.29) is 24.0 Å². The number of imidazole rings is 1. The molecule has 1 amide bonds. The number of likely N-dealkylation sites (tertiary alicyclic amines) is 1. The molecule has 2 atom stereocenters. The number of hydrogen-bond acceptors (Lipinski definition) is 4. The van der Waals surface area contributed by atoms with Gasteiger partial charge in [0.05, 0.1) is 17.3 Å². The normalized spacial score (nSPS) is 22.1. The number of aromatic nitrogens is 2. The van der Waals surface area contributed by atoms with Crippen molar-refractivity contribution in [3.05, 3.63) is 35.9 Å². The predicted molar refractivity (Wildman–Crippen MR) is 90.0 cm³/mol. The van der Waals surface area contributed by atoms with Crippen LogP contribution in [0.5, 0.6) is 0 Å². The van der Waals surface area contributed by atoms with Gasteiger partial charge < -0.3 is 15.5 Å². The molecule has 1 aliphatic heterocycles. The molecule has 124 valence electrons. The van der Waals surface area contributed by atoms with Crippen LogP contribution in [-0.4, -0.2) is 44.9 Å². The third-order valence-electron chi connectivity index (χ3n) is 4.32. The van der Waals surface area contributed by atoms with Gasteiger partial charge in [-0.1, -0.05) is 6.07 Å². The SMILES string of the molecule is Cc1nc(CN2C[C@H](N)C[C@H]2C(=O)NC(C)C)c2ccccn12. The summed E-state index contributed by atoms with van der Waals surface area (Å²) in [4.78, 5) is 19.3. The molecule has 1 saturated heterocycles. The maximum atomic E-state index is 12.4. The number of carbonyl (C=O) groups excluding carboxylic acids is 1. The molecule has 6 nitrogen and oxygen atoms in total. The van der Waals surface area contributed by atoms with Crippen LogP contribution in [0.25, 0.3) is 5.52 Å². The van der Waals surface area contributed by atoms with E-state index in [0.717, 1.165) is 23.6 Å². The van der Waals surface area contributed by atoms with Gasteiger partial charge in [0.1, 0.15) is 5.82 Å². The Morgan fingerprint density at radius 1 is 1.48 bits per heavy atom. The first-order chi connectivity index (χ1) is 11.0. The van der Waals surface area contributed by atoms with E-state index < -0.39 is 0 Å². The van der Waals surface area contributed by atoms with E-state index >= 15 is 0 Å². The van der Waals surface area contributed by atoms with E-state index in [1.807, 2.05) is 39.1 Å². The Kier molecular flexibility index (Phi) is 4.37. The summed E-state index contributed by atoms with van der Waals surface area (Å²) >= 11 is 0. The van der Waals surface area contributed by atoms with Crippen molar-refractivity contribution >= 4 is 11.4 Å². The third kappa shape index (κ3) is 3.23. The Hall–Kier alpha value is -1.92. The van der Waals surface area contributed by atoms with Crippen molar-refractivity contribution in [3.63, 3.8) is 0 Å². The lowest BCUT2D eigenvalue weighted by molar-refractivity contribution is -0.126. The first-order valence-electron chi connectivity index (χ1n) is 8.18. The van der Waals surface area contributed by atoms with Crippen LogP contribution in [0.4, 0.5) is 0 Å². The second-order valence-corrected chi connectivity index (χ2v) is 6.67. The van der Waals surface area contributed by atoms with E-state index in [2.05, 4.69) is 25.7 Å². The highest BCUT2D eigenvalue weighted by atomic mass is 16.2. The highest BCUT2D eigenvalue weighted by molar-refractivity contribution is 5.82. The zero-order chi connectivity index (χ0) is 16.6. The van der Waals surface area contributed by atoms with E-state index in [4.69, 9.17) is 5.73 Å². The Bertz CT molecular complexity index is 708. The van der Waals surface area contributed by atoms with Crippen LogP contribution in [0.3, 0.4) is 0 Å². The standard InChI is InChI=1S/C17H25N5O/c1-11(2)19-17(23)16-8-13(18)9-21(16)10-14-15-6-4-5-7-22(15)12(3)20-14/h4-7,11,13,16H,8-10,18H2,1-3H3,(H,19,23)/t13-,16+/m1/s1. The second-order valence-electron chi connectivity index (χ2n) is 6.67. The van der Waals surface area contributed by atoms with Crippen LogP contribution in [0.1, 0.15) is 31.8 Å². The minimum Gasteiger partial charge on any atom is -0.353 e. The van der Waals surface area contributed by atoms with Gasteiger partial charge in [-0.2, -0.15) is 0 Å². The summed E-state index contributed by atoms with van der Waals surface area (Å²) in [6.45, 7) is 7.31. The molecule has 6 heteroatoms. The summed E-state index contributed by atoms with van der Waals surface area (Å²) < 4.78 is 2.08. The molecule has 0 unspecified atom stereocenters. The van der Waals surface area contributed by atoms with Crippen LogP contribution >= 0.6 is 0 Å². The molecule has 3 N–H and O–H groups in total. The summed E-state index contributed by atoms with van der Waals surface area (Å²) in [7, 11) is 0. The molecule has 2 aromatic heterocycles. The number of rotatable bonds is 4. The molecule has 23 heavy (non-hydrogen) atoms. The zero-order valence-corrected chi connectivity index (χ0v) is 14.0. The Morgan fingerprint density at radius 3 is 3.00 bits per heavy atom. The monoisotopic (exact) mass is 315 g/mol. The summed E-state index contributed by atoms with van der Waals surface area (Å²) in [5, 5.41) is 3.00. The second kappa shape index (κ2) is 6.29. The van der Waals surface area contributed by atoms with Gasteiger partial charge in [-0.15, -0.1) is 0 Å². The van der Waals surface area contributed by atoms with E-state index in [0.29, 0.717) is 13.0 Å². The van der Waals surface area contributed by atoms with Crippen molar-refractivity contribution in [2.24, 2.45) is 5.73 Å². The zero-order valence-electron chi connectivity index (χ0n) is 14.0. The Labute approximate surface area is 136 Å². The number of nitrogens with two attached hydrogens (primary N) is 1. The fourth-order valence-corrected chi connectivity index (χ4v) is 3.34. The number of nitrogens with one attached hydrogen (secondary N) is 1. The average Bonchev–Trinajstić information content (AvgIpc) is 3.00. The lowest BCUT2D eigenvalue weighted by Crippen LogP contribution is -2.45. The quantitative estimate of drug-likeness (QED) is 0.885. The van der Waals surface area contributed by atoms with E-state index in [9.17, 15) is 4.79 Å². The van der Waals surface area contributed by atoms with Crippen molar-refractivity contribution < 1.29 is 4.79 Å². The van der Waals surface area contributed by atoms with Crippen LogP contribution in [0, 0.1) is 6.92 Å². The van der Waals surface area contributed by atoms with Gasteiger partial charge in [0.15, 0.2) is 0 Å². The number of aryl methyl sites for hydroxylation is 1. The maximum Gasteiger partial charge on any atom is 0.237 e. The lowest BCUT2D eigenvalue weighted by Gasteiger charge is -2.23. The van der Waals surface area contributed by atoms with Crippen molar-refractivity contribution in [3.8, 4) is 0 Å². The molecule has 0 radical (unpaired) electrons. The molecule has 3 rings (SSSR count). The molecular formula is C17H25N5O. The van der Waals surface area contributed by atoms with Gasteiger partial charge in [-0.05, 0) is 39.3 Å². The number of pyridine rings is 1. The summed E-state index contributed by atoms with van der Waals surface area (Å²) in [5.74, 6) is 1.02. The molecule has 0 aromatic carbocycles. The fourth-order valence-electron chi connectivity index (χ4n) is 3.34. The average molecular weight is 315 g/mol. The van der Waals surface area contributed by atoms with Gasteiger partial charge in [0, 0.05) is 31.4 Å². The van der Waals surface area contributed by atoms with Crippen LogP contribution in [-0.2, 0) is 11.3 Å². The van der Waals surface area contributed by atoms with E-state index in [1.54, 1.807) is 0 Å². The fraction of sp³-hybridized carbons (Fsp3) is 0.529. The molecule has 3 heterocycles. The maximum absolute atomic E-state index is 12.4. The number of nitrogens with zero attached hydrogens (tertiary/aromatic N) is 3. The lowest BCUT2D eigenvalue weighted by atomic mass is 10.1. The number of fused-ring (bicyclic) bond motifs is 1. The van der Waals surface area contributed by atoms with Crippen LogP contribution in [0.15, 0.2) is 24.4 Å². The molecule has 0 bridgehead atoms. The topological polar surface area (TPSA) is 75.7 Å². The number of carbonyl (C=O) groups is 1. The Balaban J connectivity index is 1.83. The van der Waals surface area contributed by atoms with Crippen molar-refractivity contribution in [2.45, 2.75) is 51.9 Å². The first-order valence-corrected chi connectivity index (χ1v) is 8.18. The summed E-state index contributed by atoms with van der Waals surface area (Å²) in [6, 6.07) is 6.07. The molecular weight excluding hydrogens is 290 g/mol. The van der Waals surface area contributed by atoms with Gasteiger partial charge >= 0.3 is 0 Å². The molecule has 0 spiro atoms. The van der Waals surface area contributed by atoms with Crippen molar-refractivity contribution in [2.75, 3.05) is 6.54 Å². The molecule has 0 saturated carbocycles.